The minimum absolute atomic E-state index is 0.0606. The molecule has 0 aromatic heterocycles. The molecule has 0 radical (unpaired) electrons. The van der Waals surface area contributed by atoms with Gasteiger partial charge < -0.3 is 9.53 Å². The van der Waals surface area contributed by atoms with Gasteiger partial charge in [0.2, 0.25) is 5.91 Å². The van der Waals surface area contributed by atoms with Crippen LogP contribution in [-0.2, 0) is 9.59 Å². The molecule has 0 heterocycles. The number of rotatable bonds is 8. The van der Waals surface area contributed by atoms with E-state index in [1.54, 1.807) is 6.92 Å². The Labute approximate surface area is 144 Å². The smallest absolute Gasteiger partial charge is 0.240 e. The Hall–Kier alpha value is -2.17. The summed E-state index contributed by atoms with van der Waals surface area (Å²) in [5.41, 5.74) is 4.18. The first-order chi connectivity index (χ1) is 11.2. The second kappa shape index (κ2) is 9.21. The van der Waals surface area contributed by atoms with Crippen LogP contribution in [0.1, 0.15) is 59.4 Å². The molecule has 0 spiro atoms. The molecule has 0 aliphatic rings. The van der Waals surface area contributed by atoms with Crippen LogP contribution < -0.4 is 10.2 Å². The molecule has 0 fully saturated rings. The highest BCUT2D eigenvalue weighted by Crippen LogP contribution is 2.18. The Bertz CT molecular complexity index is 584. The molecule has 1 rings (SSSR count). The number of ether oxygens (including phenoxy) is 1. The second-order valence-electron chi connectivity index (χ2n) is 7.15. The van der Waals surface area contributed by atoms with Crippen LogP contribution >= 0.6 is 0 Å². The summed E-state index contributed by atoms with van der Waals surface area (Å²) < 4.78 is 5.58. The number of hydrogen-bond acceptors (Lipinski definition) is 4. The number of nitrogens with zero attached hydrogens (tertiary/aromatic N) is 1. The van der Waals surface area contributed by atoms with Crippen molar-refractivity contribution in [3.63, 3.8) is 0 Å². The monoisotopic (exact) mass is 332 g/mol. The molecule has 0 aliphatic heterocycles. The molecule has 0 aliphatic carbocycles. The standard InChI is InChI=1S/C19H28N2O3/c1-14(22)7-6-12-24-17-10-8-16(9-11-17)15(2)20-21-18(23)13-19(3,4)5/h8-11H,6-7,12-13H2,1-5H3,(H,21,23)/b20-15+. The first-order valence-corrected chi connectivity index (χ1v) is 8.23. The van der Waals surface area contributed by atoms with Crippen molar-refractivity contribution < 1.29 is 14.3 Å². The third-order valence-corrected chi connectivity index (χ3v) is 3.25. The number of carbonyl (C=O) groups excluding carboxylic acids is 2. The molecule has 5 nitrogen and oxygen atoms in total. The molecule has 1 N–H and O–H groups in total. The highest BCUT2D eigenvalue weighted by Gasteiger charge is 2.15. The molecular weight excluding hydrogens is 304 g/mol. The van der Waals surface area contributed by atoms with Crippen molar-refractivity contribution in [3.05, 3.63) is 29.8 Å². The molecule has 1 amide bonds. The van der Waals surface area contributed by atoms with Gasteiger partial charge in [0.1, 0.15) is 11.5 Å². The van der Waals surface area contributed by atoms with Gasteiger partial charge in [0.05, 0.1) is 12.3 Å². The molecule has 0 atom stereocenters. The maximum absolute atomic E-state index is 11.8. The highest BCUT2D eigenvalue weighted by molar-refractivity contribution is 5.99. The van der Waals surface area contributed by atoms with E-state index < -0.39 is 0 Å². The van der Waals surface area contributed by atoms with Gasteiger partial charge in [-0.3, -0.25) is 4.79 Å². The molecular formula is C19H28N2O3. The van der Waals surface area contributed by atoms with E-state index >= 15 is 0 Å². The molecule has 5 heteroatoms. The largest absolute Gasteiger partial charge is 0.494 e. The Balaban J connectivity index is 2.50. The molecule has 1 aromatic rings. The molecule has 0 unspecified atom stereocenters. The van der Waals surface area contributed by atoms with Crippen LogP contribution in [-0.4, -0.2) is 24.0 Å². The van der Waals surface area contributed by atoms with E-state index in [2.05, 4.69) is 10.5 Å². The van der Waals surface area contributed by atoms with Crippen molar-refractivity contribution >= 4 is 17.4 Å². The Morgan fingerprint density at radius 3 is 2.29 bits per heavy atom. The van der Waals surface area contributed by atoms with Gasteiger partial charge in [-0.2, -0.15) is 5.10 Å². The maximum Gasteiger partial charge on any atom is 0.240 e. The third kappa shape index (κ3) is 8.46. The summed E-state index contributed by atoms with van der Waals surface area (Å²) in [5.74, 6) is 0.841. The maximum atomic E-state index is 11.8. The van der Waals surface area contributed by atoms with Crippen molar-refractivity contribution in [2.45, 2.75) is 53.9 Å². The minimum atomic E-state index is -0.0905. The van der Waals surface area contributed by atoms with Gasteiger partial charge in [-0.05, 0) is 55.5 Å². The molecule has 0 bridgehead atoms. The Morgan fingerprint density at radius 1 is 1.12 bits per heavy atom. The number of carbonyl (C=O) groups is 2. The van der Waals surface area contributed by atoms with Gasteiger partial charge in [0.15, 0.2) is 0 Å². The van der Waals surface area contributed by atoms with Crippen LogP contribution in [0.5, 0.6) is 5.75 Å². The quantitative estimate of drug-likeness (QED) is 0.448. The molecule has 132 valence electrons. The van der Waals surface area contributed by atoms with Gasteiger partial charge >= 0.3 is 0 Å². The number of hydrogen-bond donors (Lipinski definition) is 1. The van der Waals surface area contributed by atoms with Crippen LogP contribution in [0.4, 0.5) is 0 Å². The molecule has 0 saturated heterocycles. The number of nitrogens with one attached hydrogen (secondary N) is 1. The van der Waals surface area contributed by atoms with Gasteiger partial charge in [-0.25, -0.2) is 5.43 Å². The van der Waals surface area contributed by atoms with Crippen LogP contribution in [0.2, 0.25) is 0 Å². The Morgan fingerprint density at radius 2 is 1.75 bits per heavy atom. The first-order valence-electron chi connectivity index (χ1n) is 8.23. The van der Waals surface area contributed by atoms with Crippen LogP contribution in [0, 0.1) is 5.41 Å². The van der Waals surface area contributed by atoms with Crippen molar-refractivity contribution in [2.24, 2.45) is 10.5 Å². The molecule has 24 heavy (non-hydrogen) atoms. The first kappa shape index (κ1) is 19.9. The number of ketones is 1. The third-order valence-electron chi connectivity index (χ3n) is 3.25. The van der Waals surface area contributed by atoms with Crippen LogP contribution in [0.25, 0.3) is 0 Å². The van der Waals surface area contributed by atoms with E-state index in [0.29, 0.717) is 19.4 Å². The van der Waals surface area contributed by atoms with Gasteiger partial charge in [-0.1, -0.05) is 20.8 Å². The number of Topliss-reactive ketones (excluding diaryl/α,β-unsaturated/α-hetero) is 1. The zero-order valence-electron chi connectivity index (χ0n) is 15.3. The SMILES string of the molecule is CC(=O)CCCOc1ccc(/C(C)=N/NC(=O)CC(C)(C)C)cc1. The topological polar surface area (TPSA) is 67.8 Å². The van der Waals surface area contributed by atoms with Gasteiger partial charge in [0, 0.05) is 12.8 Å². The summed E-state index contributed by atoms with van der Waals surface area (Å²) in [5, 5.41) is 4.14. The van der Waals surface area contributed by atoms with Crippen molar-refractivity contribution in [3.8, 4) is 5.75 Å². The van der Waals surface area contributed by atoms with Crippen LogP contribution in [0.3, 0.4) is 0 Å². The fourth-order valence-electron chi connectivity index (χ4n) is 2.04. The van der Waals surface area contributed by atoms with E-state index in [4.69, 9.17) is 4.74 Å². The summed E-state index contributed by atoms with van der Waals surface area (Å²) in [6.45, 7) is 9.99. The van der Waals surface area contributed by atoms with E-state index in [0.717, 1.165) is 23.4 Å². The second-order valence-corrected chi connectivity index (χ2v) is 7.15. The van der Waals surface area contributed by atoms with E-state index in [9.17, 15) is 9.59 Å². The van der Waals surface area contributed by atoms with Crippen molar-refractivity contribution in [2.75, 3.05) is 6.61 Å². The lowest BCUT2D eigenvalue weighted by atomic mass is 9.92. The molecule has 0 saturated carbocycles. The minimum Gasteiger partial charge on any atom is -0.494 e. The zero-order valence-corrected chi connectivity index (χ0v) is 15.3. The average Bonchev–Trinajstić information content (AvgIpc) is 2.48. The van der Waals surface area contributed by atoms with E-state index in [1.165, 1.54) is 0 Å². The zero-order chi connectivity index (χ0) is 18.2. The average molecular weight is 332 g/mol. The lowest BCUT2D eigenvalue weighted by molar-refractivity contribution is -0.122. The van der Waals surface area contributed by atoms with Crippen molar-refractivity contribution in [1.82, 2.24) is 5.43 Å². The summed E-state index contributed by atoms with van der Waals surface area (Å²) >= 11 is 0. The Kier molecular flexibility index (Phi) is 7.62. The lowest BCUT2D eigenvalue weighted by Crippen LogP contribution is -2.24. The summed E-state index contributed by atoms with van der Waals surface area (Å²) in [6, 6.07) is 7.52. The normalized spacial score (nSPS) is 12.0. The highest BCUT2D eigenvalue weighted by atomic mass is 16.5. The fourth-order valence-corrected chi connectivity index (χ4v) is 2.04. The van der Waals surface area contributed by atoms with E-state index in [-0.39, 0.29) is 17.1 Å². The number of hydrazone groups is 1. The fraction of sp³-hybridized carbons (Fsp3) is 0.526. The predicted octanol–water partition coefficient (Wildman–Crippen LogP) is 3.71. The summed E-state index contributed by atoms with van der Waals surface area (Å²) in [4.78, 5) is 22.6. The van der Waals surface area contributed by atoms with E-state index in [1.807, 2.05) is 52.0 Å². The summed E-state index contributed by atoms with van der Waals surface area (Å²) in [6.07, 6.45) is 1.69. The lowest BCUT2D eigenvalue weighted by Gasteiger charge is -2.16. The van der Waals surface area contributed by atoms with Crippen molar-refractivity contribution in [1.29, 1.82) is 0 Å². The van der Waals surface area contributed by atoms with Crippen LogP contribution in [0.15, 0.2) is 29.4 Å². The number of benzene rings is 1. The van der Waals surface area contributed by atoms with Gasteiger partial charge in [0.25, 0.3) is 0 Å². The van der Waals surface area contributed by atoms with Gasteiger partial charge in [-0.15, -0.1) is 0 Å². The number of amides is 1. The molecule has 1 aromatic carbocycles. The summed E-state index contributed by atoms with van der Waals surface area (Å²) in [7, 11) is 0. The predicted molar refractivity (Wildman–Crippen MR) is 96.3 cm³/mol.